The van der Waals surface area contributed by atoms with Crippen molar-refractivity contribution in [2.45, 2.75) is 13.0 Å². The zero-order chi connectivity index (χ0) is 19.1. The van der Waals surface area contributed by atoms with E-state index in [9.17, 15) is 0 Å². The molecule has 0 bridgehead atoms. The Morgan fingerprint density at radius 1 is 1.04 bits per heavy atom. The van der Waals surface area contributed by atoms with E-state index in [-0.39, 0.29) is 24.0 Å². The molecule has 3 aromatic rings. The molecule has 0 saturated heterocycles. The lowest BCUT2D eigenvalue weighted by molar-refractivity contribution is 0.355. The average molecular weight is 494 g/mol. The molecule has 0 fully saturated rings. The number of aromatic nitrogens is 1. The normalized spacial score (nSPS) is 11.0. The van der Waals surface area contributed by atoms with Gasteiger partial charge < -0.3 is 24.7 Å². The number of para-hydroxylation sites is 1. The van der Waals surface area contributed by atoms with Crippen molar-refractivity contribution in [1.82, 2.24) is 9.88 Å². The third-order valence-corrected chi connectivity index (χ3v) is 4.42. The van der Waals surface area contributed by atoms with Gasteiger partial charge in [-0.25, -0.2) is 0 Å². The van der Waals surface area contributed by atoms with Crippen molar-refractivity contribution in [3.63, 3.8) is 0 Å². The Bertz CT molecular complexity index is 924. The quantitative estimate of drug-likeness (QED) is 0.222. The van der Waals surface area contributed by atoms with Gasteiger partial charge >= 0.3 is 0 Å². The second-order valence-corrected chi connectivity index (χ2v) is 6.12. The largest absolute Gasteiger partial charge is 0.493 e. The van der Waals surface area contributed by atoms with Crippen LogP contribution in [0.2, 0.25) is 0 Å². The van der Waals surface area contributed by atoms with Gasteiger partial charge in [-0.3, -0.25) is 4.99 Å². The number of ether oxygens (including phenoxy) is 2. The number of hydrogen-bond donors (Lipinski definition) is 2. The maximum absolute atomic E-state index is 5.34. The Morgan fingerprint density at radius 3 is 2.57 bits per heavy atom. The molecule has 2 aromatic carbocycles. The molecule has 0 aliphatic carbocycles. The number of halogens is 1. The molecular formula is C21H27IN4O2. The monoisotopic (exact) mass is 494 g/mol. The molecule has 0 saturated carbocycles. The highest BCUT2D eigenvalue weighted by Crippen LogP contribution is 2.29. The number of nitrogens with zero attached hydrogens (tertiary/aromatic N) is 2. The van der Waals surface area contributed by atoms with Crippen molar-refractivity contribution in [3.8, 4) is 11.5 Å². The number of fused-ring (bicyclic) bond motifs is 1. The zero-order valence-electron chi connectivity index (χ0n) is 16.4. The Morgan fingerprint density at radius 2 is 1.82 bits per heavy atom. The van der Waals surface area contributed by atoms with Crippen molar-refractivity contribution in [1.29, 1.82) is 0 Å². The summed E-state index contributed by atoms with van der Waals surface area (Å²) < 4.78 is 12.9. The third kappa shape index (κ3) is 5.31. The summed E-state index contributed by atoms with van der Waals surface area (Å²) in [6.45, 7) is 1.77. The van der Waals surface area contributed by atoms with Crippen LogP contribution in [0.1, 0.15) is 6.42 Å². The van der Waals surface area contributed by atoms with Crippen molar-refractivity contribution < 1.29 is 9.47 Å². The van der Waals surface area contributed by atoms with Crippen LogP contribution in [0.5, 0.6) is 11.5 Å². The number of aliphatic imine (C=N–C) groups is 1. The van der Waals surface area contributed by atoms with Crippen LogP contribution >= 0.6 is 24.0 Å². The van der Waals surface area contributed by atoms with Gasteiger partial charge in [0.1, 0.15) is 0 Å². The van der Waals surface area contributed by atoms with Crippen LogP contribution in [0.3, 0.4) is 0 Å². The van der Waals surface area contributed by atoms with Gasteiger partial charge in [0, 0.05) is 43.6 Å². The molecule has 1 heterocycles. The van der Waals surface area contributed by atoms with Crippen molar-refractivity contribution in [3.05, 3.63) is 54.7 Å². The van der Waals surface area contributed by atoms with Gasteiger partial charge in [-0.2, -0.15) is 0 Å². The van der Waals surface area contributed by atoms with Gasteiger partial charge in [0.05, 0.1) is 14.2 Å². The molecule has 1 aromatic heterocycles. The summed E-state index contributed by atoms with van der Waals surface area (Å²) in [5, 5.41) is 7.90. The van der Waals surface area contributed by atoms with E-state index >= 15 is 0 Å². The van der Waals surface area contributed by atoms with E-state index in [1.165, 1.54) is 10.9 Å². The molecule has 28 heavy (non-hydrogen) atoms. The molecule has 3 rings (SSSR count). The average Bonchev–Trinajstić information content (AvgIpc) is 3.13. The molecule has 150 valence electrons. The third-order valence-electron chi connectivity index (χ3n) is 4.42. The SMILES string of the molecule is CN=C(NCCCn1ccc2ccccc21)Nc1ccc(OC)c(OC)c1.I. The predicted octanol–water partition coefficient (Wildman–Crippen LogP) is 4.35. The number of guanidine groups is 1. The molecule has 0 unspecified atom stereocenters. The number of rotatable bonds is 7. The molecule has 7 heteroatoms. The molecule has 0 aliphatic rings. The maximum Gasteiger partial charge on any atom is 0.195 e. The Hall–Kier alpha value is -2.42. The number of aryl methyl sites for hydroxylation is 1. The number of anilines is 1. The predicted molar refractivity (Wildman–Crippen MR) is 127 cm³/mol. The Balaban J connectivity index is 0.00000280. The minimum Gasteiger partial charge on any atom is -0.493 e. The van der Waals surface area contributed by atoms with Crippen LogP contribution in [0, 0.1) is 0 Å². The van der Waals surface area contributed by atoms with Crippen molar-refractivity contribution in [2.75, 3.05) is 33.1 Å². The first-order valence-electron chi connectivity index (χ1n) is 8.98. The minimum atomic E-state index is 0. The lowest BCUT2D eigenvalue weighted by Gasteiger charge is -2.14. The fourth-order valence-corrected chi connectivity index (χ4v) is 3.02. The fraction of sp³-hybridized carbons (Fsp3) is 0.286. The highest BCUT2D eigenvalue weighted by atomic mass is 127. The molecule has 0 amide bonds. The standard InChI is InChI=1S/C21H26N4O2.HI/c1-22-21(24-17-9-10-19(26-2)20(15-17)27-3)23-12-6-13-25-14-11-16-7-4-5-8-18(16)25;/h4-5,7-11,14-15H,6,12-13H2,1-3H3,(H2,22,23,24);1H. The Labute approximate surface area is 183 Å². The van der Waals surface area contributed by atoms with E-state index in [4.69, 9.17) is 9.47 Å². The lowest BCUT2D eigenvalue weighted by Crippen LogP contribution is -2.31. The second kappa shape index (κ2) is 10.8. The van der Waals surface area contributed by atoms with Crippen LogP contribution in [-0.4, -0.2) is 38.3 Å². The molecule has 0 atom stereocenters. The second-order valence-electron chi connectivity index (χ2n) is 6.12. The van der Waals surface area contributed by atoms with Crippen molar-refractivity contribution >= 4 is 46.5 Å². The first-order chi connectivity index (χ1) is 13.2. The van der Waals surface area contributed by atoms with Crippen molar-refractivity contribution in [2.24, 2.45) is 4.99 Å². The zero-order valence-corrected chi connectivity index (χ0v) is 18.8. The molecule has 2 N–H and O–H groups in total. The van der Waals surface area contributed by atoms with Gasteiger partial charge in [-0.15, -0.1) is 24.0 Å². The van der Waals surface area contributed by atoms with Gasteiger partial charge in [0.15, 0.2) is 17.5 Å². The van der Waals surface area contributed by atoms with Gasteiger partial charge in [-0.05, 0) is 36.1 Å². The highest BCUT2D eigenvalue weighted by molar-refractivity contribution is 14.0. The van der Waals surface area contributed by atoms with Gasteiger partial charge in [0.2, 0.25) is 0 Å². The maximum atomic E-state index is 5.34. The summed E-state index contributed by atoms with van der Waals surface area (Å²) in [4.78, 5) is 4.28. The van der Waals surface area contributed by atoms with E-state index < -0.39 is 0 Å². The van der Waals surface area contributed by atoms with Crippen LogP contribution in [0.15, 0.2) is 59.7 Å². The minimum absolute atomic E-state index is 0. The molecular weight excluding hydrogens is 467 g/mol. The van der Waals surface area contributed by atoms with Gasteiger partial charge in [0.25, 0.3) is 0 Å². The molecule has 0 spiro atoms. The first kappa shape index (κ1) is 21.9. The Kier molecular flexibility index (Phi) is 8.43. The van der Waals surface area contributed by atoms with E-state index in [0.717, 1.165) is 31.2 Å². The number of methoxy groups -OCH3 is 2. The van der Waals surface area contributed by atoms with E-state index in [0.29, 0.717) is 11.5 Å². The van der Waals surface area contributed by atoms with Gasteiger partial charge in [-0.1, -0.05) is 18.2 Å². The van der Waals surface area contributed by atoms with Crippen LogP contribution in [-0.2, 0) is 6.54 Å². The summed E-state index contributed by atoms with van der Waals surface area (Å²) in [7, 11) is 5.01. The highest BCUT2D eigenvalue weighted by Gasteiger charge is 2.06. The van der Waals surface area contributed by atoms with Crippen LogP contribution < -0.4 is 20.1 Å². The van der Waals surface area contributed by atoms with E-state index in [2.05, 4.69) is 56.7 Å². The molecule has 6 nitrogen and oxygen atoms in total. The smallest absolute Gasteiger partial charge is 0.195 e. The summed E-state index contributed by atoms with van der Waals surface area (Å²) in [5.74, 6) is 2.10. The molecule has 0 radical (unpaired) electrons. The topological polar surface area (TPSA) is 59.8 Å². The fourth-order valence-electron chi connectivity index (χ4n) is 3.02. The van der Waals surface area contributed by atoms with Crippen LogP contribution in [0.25, 0.3) is 10.9 Å². The lowest BCUT2D eigenvalue weighted by atomic mass is 10.2. The number of hydrogen-bond acceptors (Lipinski definition) is 3. The number of nitrogens with one attached hydrogen (secondary N) is 2. The van der Waals surface area contributed by atoms with E-state index in [1.807, 2.05) is 18.2 Å². The van der Waals surface area contributed by atoms with Crippen LogP contribution in [0.4, 0.5) is 5.69 Å². The van der Waals surface area contributed by atoms with E-state index in [1.54, 1.807) is 21.3 Å². The number of benzene rings is 2. The summed E-state index contributed by atoms with van der Waals surface area (Å²) >= 11 is 0. The first-order valence-corrected chi connectivity index (χ1v) is 8.98. The molecule has 0 aliphatic heterocycles. The summed E-state index contributed by atoms with van der Waals surface area (Å²) in [6, 6.07) is 16.3. The summed E-state index contributed by atoms with van der Waals surface area (Å²) in [6.07, 6.45) is 3.13. The summed E-state index contributed by atoms with van der Waals surface area (Å²) in [5.41, 5.74) is 2.16.